The van der Waals surface area contributed by atoms with Crippen LogP contribution in [0.5, 0.6) is 11.5 Å². The summed E-state index contributed by atoms with van der Waals surface area (Å²) in [4.78, 5) is 0. The lowest BCUT2D eigenvalue weighted by Crippen LogP contribution is -2.27. The molecule has 2 aliphatic carbocycles. The second-order valence-electron chi connectivity index (χ2n) is 13.5. The monoisotopic (exact) mass is 566 g/mol. The highest BCUT2D eigenvalue weighted by Gasteiger charge is 2.39. The van der Waals surface area contributed by atoms with Crippen LogP contribution >= 0.6 is 11.8 Å². The van der Waals surface area contributed by atoms with Crippen molar-refractivity contribution < 1.29 is 20.4 Å². The fourth-order valence-electron chi connectivity index (χ4n) is 8.07. The first kappa shape index (κ1) is 29.8. The smallest absolute Gasteiger partial charge is 0.123 e. The molecule has 1 unspecified atom stereocenters. The van der Waals surface area contributed by atoms with Crippen molar-refractivity contribution in [3.8, 4) is 11.5 Å². The number of aliphatic hydroxyl groups excluding tert-OH is 2. The Morgan fingerprint density at radius 1 is 0.725 bits per heavy atom. The van der Waals surface area contributed by atoms with Gasteiger partial charge in [0.05, 0.1) is 0 Å². The van der Waals surface area contributed by atoms with E-state index < -0.39 is 0 Å². The summed E-state index contributed by atoms with van der Waals surface area (Å²) >= 11 is 1.96. The Balaban J connectivity index is 1.72. The highest BCUT2D eigenvalue weighted by atomic mass is 32.2. The molecule has 40 heavy (non-hydrogen) atoms. The summed E-state index contributed by atoms with van der Waals surface area (Å²) in [7, 11) is 0. The quantitative estimate of drug-likeness (QED) is 0.253. The molecular weight excluding hydrogens is 516 g/mol. The second kappa shape index (κ2) is 12.7. The van der Waals surface area contributed by atoms with E-state index in [1.165, 1.54) is 38.5 Å². The van der Waals surface area contributed by atoms with Gasteiger partial charge in [-0.15, -0.1) is 0 Å². The molecule has 5 rings (SSSR count). The van der Waals surface area contributed by atoms with Crippen LogP contribution in [0.1, 0.15) is 124 Å². The SMILES string of the molecule is CC1(c2cc(CCO)cc(C(c3cc(CCO)cc(C4(C)CCCCC4)c3O)C3CCSC3)c2O)CCCCC1. The molecule has 5 heteroatoms. The first-order valence-electron chi connectivity index (χ1n) is 15.8. The summed E-state index contributed by atoms with van der Waals surface area (Å²) in [5, 5.41) is 44.1. The highest BCUT2D eigenvalue weighted by molar-refractivity contribution is 7.99. The molecule has 1 saturated heterocycles. The zero-order valence-electron chi connectivity index (χ0n) is 24.7. The lowest BCUT2D eigenvalue weighted by molar-refractivity contribution is 0.295. The van der Waals surface area contributed by atoms with Crippen LogP contribution in [0, 0.1) is 5.92 Å². The molecule has 3 fully saturated rings. The van der Waals surface area contributed by atoms with Gasteiger partial charge in [0.25, 0.3) is 0 Å². The predicted octanol–water partition coefficient (Wildman–Crippen LogP) is 7.50. The number of thioether (sulfide) groups is 1. The minimum atomic E-state index is -0.135. The molecule has 0 radical (unpaired) electrons. The first-order valence-corrected chi connectivity index (χ1v) is 17.0. The number of rotatable bonds is 9. The lowest BCUT2D eigenvalue weighted by Gasteiger charge is -2.38. The summed E-state index contributed by atoms with van der Waals surface area (Å²) in [6.07, 6.45) is 13.6. The van der Waals surface area contributed by atoms with Crippen LogP contribution < -0.4 is 0 Å². The maximum absolute atomic E-state index is 12.1. The van der Waals surface area contributed by atoms with Crippen LogP contribution in [0.25, 0.3) is 0 Å². The molecule has 0 spiro atoms. The molecule has 1 atom stereocenters. The summed E-state index contributed by atoms with van der Waals surface area (Å²) in [5.74, 6) is 3.04. The average molecular weight is 567 g/mol. The van der Waals surface area contributed by atoms with Crippen molar-refractivity contribution in [1.82, 2.24) is 0 Å². The minimum Gasteiger partial charge on any atom is -0.507 e. The first-order chi connectivity index (χ1) is 19.3. The summed E-state index contributed by atoms with van der Waals surface area (Å²) in [6, 6.07) is 8.54. The van der Waals surface area contributed by atoms with E-state index in [9.17, 15) is 20.4 Å². The third-order valence-electron chi connectivity index (χ3n) is 10.5. The van der Waals surface area contributed by atoms with Gasteiger partial charge < -0.3 is 20.4 Å². The molecule has 0 amide bonds. The van der Waals surface area contributed by atoms with Crippen LogP contribution in [-0.2, 0) is 23.7 Å². The van der Waals surface area contributed by atoms with Crippen molar-refractivity contribution in [1.29, 1.82) is 0 Å². The number of phenolic OH excluding ortho intramolecular Hbond substituents is 2. The Bertz CT molecular complexity index is 1070. The van der Waals surface area contributed by atoms with Gasteiger partial charge in [-0.05, 0) is 84.3 Å². The second-order valence-corrected chi connectivity index (χ2v) is 14.6. The van der Waals surface area contributed by atoms with Crippen LogP contribution in [0.3, 0.4) is 0 Å². The molecule has 0 bridgehead atoms. The van der Waals surface area contributed by atoms with E-state index in [1.54, 1.807) is 0 Å². The molecule has 0 aromatic heterocycles. The van der Waals surface area contributed by atoms with Crippen molar-refractivity contribution in [3.05, 3.63) is 57.6 Å². The van der Waals surface area contributed by atoms with E-state index in [2.05, 4.69) is 38.1 Å². The molecule has 2 saturated carbocycles. The molecule has 4 N–H and O–H groups in total. The maximum Gasteiger partial charge on any atom is 0.123 e. The van der Waals surface area contributed by atoms with Crippen molar-refractivity contribution in [3.63, 3.8) is 0 Å². The molecule has 2 aromatic carbocycles. The van der Waals surface area contributed by atoms with E-state index in [-0.39, 0.29) is 30.0 Å². The molecule has 1 heterocycles. The van der Waals surface area contributed by atoms with Gasteiger partial charge >= 0.3 is 0 Å². The summed E-state index contributed by atoms with van der Waals surface area (Å²) in [5.41, 5.74) is 5.84. The van der Waals surface area contributed by atoms with E-state index in [1.807, 2.05) is 11.8 Å². The molecule has 4 nitrogen and oxygen atoms in total. The fraction of sp³-hybridized carbons (Fsp3) is 0.657. The van der Waals surface area contributed by atoms with E-state index in [0.29, 0.717) is 30.3 Å². The van der Waals surface area contributed by atoms with Crippen LogP contribution in [-0.4, -0.2) is 45.1 Å². The van der Waals surface area contributed by atoms with Crippen molar-refractivity contribution >= 4 is 11.8 Å². The predicted molar refractivity (Wildman–Crippen MR) is 166 cm³/mol. The van der Waals surface area contributed by atoms with Gasteiger partial charge in [-0.1, -0.05) is 76.6 Å². The zero-order valence-corrected chi connectivity index (χ0v) is 25.5. The Labute approximate surface area is 245 Å². The molecule has 1 aliphatic heterocycles. The molecule has 3 aliphatic rings. The Morgan fingerprint density at radius 2 is 1.18 bits per heavy atom. The summed E-state index contributed by atoms with van der Waals surface area (Å²) in [6.45, 7) is 4.75. The van der Waals surface area contributed by atoms with Gasteiger partial charge in [0.15, 0.2) is 0 Å². The van der Waals surface area contributed by atoms with Gasteiger partial charge in [0, 0.05) is 41.4 Å². The van der Waals surface area contributed by atoms with Crippen LogP contribution in [0.4, 0.5) is 0 Å². The van der Waals surface area contributed by atoms with Crippen LogP contribution in [0.2, 0.25) is 0 Å². The molecule has 220 valence electrons. The number of aromatic hydroxyl groups is 2. The number of hydrogen-bond donors (Lipinski definition) is 4. The van der Waals surface area contributed by atoms with Crippen molar-refractivity contribution in [2.24, 2.45) is 5.92 Å². The maximum atomic E-state index is 12.1. The highest BCUT2D eigenvalue weighted by Crippen LogP contribution is 2.53. The largest absolute Gasteiger partial charge is 0.507 e. The van der Waals surface area contributed by atoms with E-state index in [0.717, 1.165) is 77.0 Å². The average Bonchev–Trinajstić information content (AvgIpc) is 3.47. The van der Waals surface area contributed by atoms with E-state index >= 15 is 0 Å². The normalized spacial score (nSPS) is 22.6. The Kier molecular flexibility index (Phi) is 9.44. The minimum absolute atomic E-state index is 0.0735. The molecular formula is C35H50O4S. The fourth-order valence-corrected chi connectivity index (χ4v) is 9.37. The standard InChI is InChI=1S/C35H50O4S/c1-34(12-5-3-6-13-34)29-21-24(9-16-36)19-27(32(29)38)31(26-11-18-40-23-26)28-20-25(10-17-37)22-30(33(28)39)35(2)14-7-4-8-15-35/h19-22,26,31,36-39H,3-18,23H2,1-2H3. The number of phenols is 2. The van der Waals surface area contributed by atoms with Gasteiger partial charge in [0.2, 0.25) is 0 Å². The van der Waals surface area contributed by atoms with Gasteiger partial charge in [-0.25, -0.2) is 0 Å². The number of aliphatic hydroxyl groups is 2. The third kappa shape index (κ3) is 5.94. The van der Waals surface area contributed by atoms with Gasteiger partial charge in [-0.3, -0.25) is 0 Å². The third-order valence-corrected chi connectivity index (χ3v) is 11.7. The van der Waals surface area contributed by atoms with E-state index in [4.69, 9.17) is 0 Å². The van der Waals surface area contributed by atoms with Crippen molar-refractivity contribution in [2.75, 3.05) is 24.7 Å². The summed E-state index contributed by atoms with van der Waals surface area (Å²) < 4.78 is 0. The lowest BCUT2D eigenvalue weighted by atomic mass is 9.67. The Hall–Kier alpha value is -1.69. The zero-order chi connectivity index (χ0) is 28.3. The molecule has 2 aromatic rings. The van der Waals surface area contributed by atoms with Crippen LogP contribution in [0.15, 0.2) is 24.3 Å². The topological polar surface area (TPSA) is 80.9 Å². The Morgan fingerprint density at radius 3 is 1.55 bits per heavy atom. The van der Waals surface area contributed by atoms with Crippen molar-refractivity contribution in [2.45, 2.75) is 114 Å². The number of hydrogen-bond acceptors (Lipinski definition) is 5. The van der Waals surface area contributed by atoms with Gasteiger partial charge in [0.1, 0.15) is 11.5 Å². The number of benzene rings is 2. The van der Waals surface area contributed by atoms with Gasteiger partial charge in [-0.2, -0.15) is 11.8 Å².